The second-order valence-corrected chi connectivity index (χ2v) is 4.43. The Kier molecular flexibility index (Phi) is 4.10. The molecule has 0 bridgehead atoms. The average Bonchev–Trinajstić information content (AvgIpc) is 2.47. The molecule has 2 rings (SSSR count). The zero-order valence-electron chi connectivity index (χ0n) is 10.9. The summed E-state index contributed by atoms with van der Waals surface area (Å²) in [4.78, 5) is 22.2. The van der Waals surface area contributed by atoms with Crippen LogP contribution in [-0.4, -0.2) is 10.8 Å². The molecule has 0 aliphatic rings. The van der Waals surface area contributed by atoms with Gasteiger partial charge in [0.2, 0.25) is 5.91 Å². The lowest BCUT2D eigenvalue weighted by Crippen LogP contribution is -2.18. The molecule has 0 spiro atoms. The molecule has 1 amide bonds. The minimum absolute atomic E-state index is 0.0180. The van der Waals surface area contributed by atoms with Crippen molar-refractivity contribution in [1.29, 1.82) is 0 Å². The Labute approximate surface area is 116 Å². The van der Waals surface area contributed by atoms with Gasteiger partial charge >= 0.3 is 0 Å². The summed E-state index contributed by atoms with van der Waals surface area (Å²) in [6, 6.07) is 15.2. The van der Waals surface area contributed by atoms with E-state index in [1.165, 1.54) is 12.1 Å². The van der Waals surface area contributed by atoms with Gasteiger partial charge in [-0.25, -0.2) is 0 Å². The van der Waals surface area contributed by atoms with E-state index < -0.39 is 4.92 Å². The number of rotatable bonds is 4. The molecule has 1 unspecified atom stereocenters. The first-order valence-electron chi connectivity index (χ1n) is 6.18. The molecular weight excluding hydrogens is 256 g/mol. The number of hydrogen-bond acceptors (Lipinski definition) is 3. The maximum Gasteiger partial charge on any atom is 0.269 e. The van der Waals surface area contributed by atoms with Crippen LogP contribution in [0.5, 0.6) is 0 Å². The van der Waals surface area contributed by atoms with E-state index in [9.17, 15) is 14.9 Å². The minimum Gasteiger partial charge on any atom is -0.326 e. The van der Waals surface area contributed by atoms with Crippen molar-refractivity contribution in [2.75, 3.05) is 5.32 Å². The van der Waals surface area contributed by atoms with Gasteiger partial charge in [-0.3, -0.25) is 14.9 Å². The molecule has 0 aliphatic carbocycles. The summed E-state index contributed by atoms with van der Waals surface area (Å²) in [5.41, 5.74) is 1.49. The molecule has 5 nitrogen and oxygen atoms in total. The predicted octanol–water partition coefficient (Wildman–Crippen LogP) is 3.34. The van der Waals surface area contributed by atoms with Crippen molar-refractivity contribution in [3.05, 3.63) is 70.3 Å². The highest BCUT2D eigenvalue weighted by Gasteiger charge is 2.16. The number of carbonyl (C=O) groups is 1. The molecule has 0 saturated heterocycles. The summed E-state index contributed by atoms with van der Waals surface area (Å²) >= 11 is 0. The van der Waals surface area contributed by atoms with Crippen LogP contribution in [-0.2, 0) is 4.79 Å². The van der Waals surface area contributed by atoms with Crippen molar-refractivity contribution in [2.45, 2.75) is 12.8 Å². The smallest absolute Gasteiger partial charge is 0.269 e. The number of nitro benzene ring substituents is 1. The first-order valence-corrected chi connectivity index (χ1v) is 6.18. The third-order valence-corrected chi connectivity index (χ3v) is 3.04. The summed E-state index contributed by atoms with van der Waals surface area (Å²) < 4.78 is 0. The molecule has 0 aliphatic heterocycles. The first-order chi connectivity index (χ1) is 9.58. The van der Waals surface area contributed by atoms with E-state index in [1.54, 1.807) is 31.2 Å². The maximum atomic E-state index is 12.1. The van der Waals surface area contributed by atoms with E-state index in [0.29, 0.717) is 0 Å². The fourth-order valence-corrected chi connectivity index (χ4v) is 1.81. The third-order valence-electron chi connectivity index (χ3n) is 3.04. The molecule has 2 aromatic carbocycles. The predicted molar refractivity (Wildman–Crippen MR) is 76.6 cm³/mol. The molecule has 1 atom stereocenters. The highest BCUT2D eigenvalue weighted by atomic mass is 16.6. The topological polar surface area (TPSA) is 72.2 Å². The average molecular weight is 270 g/mol. The number of para-hydroxylation sites is 1. The fraction of sp³-hybridized carbons (Fsp3) is 0.133. The second-order valence-electron chi connectivity index (χ2n) is 4.43. The van der Waals surface area contributed by atoms with Crippen LogP contribution in [0.1, 0.15) is 18.4 Å². The lowest BCUT2D eigenvalue weighted by atomic mass is 10.00. The van der Waals surface area contributed by atoms with Crippen LogP contribution in [0.3, 0.4) is 0 Å². The van der Waals surface area contributed by atoms with E-state index in [2.05, 4.69) is 5.32 Å². The summed E-state index contributed by atoms with van der Waals surface area (Å²) in [7, 11) is 0. The quantitative estimate of drug-likeness (QED) is 0.684. The zero-order valence-corrected chi connectivity index (χ0v) is 10.9. The molecule has 0 aromatic heterocycles. The second kappa shape index (κ2) is 5.97. The third kappa shape index (κ3) is 3.20. The van der Waals surface area contributed by atoms with Gasteiger partial charge < -0.3 is 5.32 Å². The van der Waals surface area contributed by atoms with Crippen LogP contribution in [0.4, 0.5) is 11.4 Å². The molecular formula is C15H14N2O3. The van der Waals surface area contributed by atoms with Crippen molar-refractivity contribution in [3.63, 3.8) is 0 Å². The Morgan fingerprint density at radius 2 is 1.70 bits per heavy atom. The number of amides is 1. The van der Waals surface area contributed by atoms with Crippen molar-refractivity contribution in [2.24, 2.45) is 0 Å². The molecule has 5 heteroatoms. The SMILES string of the molecule is CC(C(=O)Nc1ccccc1)c1ccc([N+](=O)[O-])cc1. The monoisotopic (exact) mass is 270 g/mol. The lowest BCUT2D eigenvalue weighted by Gasteiger charge is -2.12. The molecule has 102 valence electrons. The fourth-order valence-electron chi connectivity index (χ4n) is 1.81. The number of hydrogen-bond donors (Lipinski definition) is 1. The largest absolute Gasteiger partial charge is 0.326 e. The Hall–Kier alpha value is -2.69. The van der Waals surface area contributed by atoms with Gasteiger partial charge in [-0.1, -0.05) is 30.3 Å². The van der Waals surface area contributed by atoms with Crippen molar-refractivity contribution < 1.29 is 9.72 Å². The first kappa shape index (κ1) is 13.7. The van der Waals surface area contributed by atoms with Crippen LogP contribution in [0, 0.1) is 10.1 Å². The van der Waals surface area contributed by atoms with Gasteiger partial charge in [0.05, 0.1) is 10.8 Å². The summed E-state index contributed by atoms with van der Waals surface area (Å²) in [6.07, 6.45) is 0. The molecule has 0 saturated carbocycles. The van der Waals surface area contributed by atoms with Gasteiger partial charge in [-0.2, -0.15) is 0 Å². The Morgan fingerprint density at radius 3 is 2.25 bits per heavy atom. The molecule has 20 heavy (non-hydrogen) atoms. The Bertz CT molecular complexity index is 609. The molecule has 2 aromatic rings. The van der Waals surface area contributed by atoms with Crippen LogP contribution in [0.25, 0.3) is 0 Å². The van der Waals surface area contributed by atoms with Gasteiger partial charge in [0, 0.05) is 17.8 Å². The number of carbonyl (C=O) groups excluding carboxylic acids is 1. The van der Waals surface area contributed by atoms with Crippen LogP contribution in [0.15, 0.2) is 54.6 Å². The number of non-ortho nitro benzene ring substituents is 1. The van der Waals surface area contributed by atoms with Crippen LogP contribution in [0.2, 0.25) is 0 Å². The summed E-state index contributed by atoms with van der Waals surface area (Å²) in [5.74, 6) is -0.527. The van der Waals surface area contributed by atoms with E-state index >= 15 is 0 Å². The lowest BCUT2D eigenvalue weighted by molar-refractivity contribution is -0.384. The number of anilines is 1. The van der Waals surface area contributed by atoms with Crippen molar-refractivity contribution in [3.8, 4) is 0 Å². The van der Waals surface area contributed by atoms with Gasteiger partial charge in [-0.05, 0) is 24.6 Å². The van der Waals surface area contributed by atoms with Gasteiger partial charge in [0.25, 0.3) is 5.69 Å². The normalized spacial score (nSPS) is 11.7. The van der Waals surface area contributed by atoms with Crippen molar-refractivity contribution >= 4 is 17.3 Å². The summed E-state index contributed by atoms with van der Waals surface area (Å²) in [6.45, 7) is 1.76. The Morgan fingerprint density at radius 1 is 1.10 bits per heavy atom. The van der Waals surface area contributed by atoms with Crippen LogP contribution < -0.4 is 5.32 Å². The van der Waals surface area contributed by atoms with E-state index in [0.717, 1.165) is 11.3 Å². The number of nitro groups is 1. The van der Waals surface area contributed by atoms with Gasteiger partial charge in [-0.15, -0.1) is 0 Å². The highest BCUT2D eigenvalue weighted by molar-refractivity contribution is 5.95. The van der Waals surface area contributed by atoms with Crippen molar-refractivity contribution in [1.82, 2.24) is 0 Å². The van der Waals surface area contributed by atoms with E-state index in [4.69, 9.17) is 0 Å². The minimum atomic E-state index is -0.460. The standard InChI is InChI=1S/C15H14N2O3/c1-11(12-7-9-14(10-8-12)17(19)20)15(18)16-13-5-3-2-4-6-13/h2-11H,1H3,(H,16,18). The molecule has 0 heterocycles. The van der Waals surface area contributed by atoms with E-state index in [-0.39, 0.29) is 17.5 Å². The van der Waals surface area contributed by atoms with Gasteiger partial charge in [0.15, 0.2) is 0 Å². The molecule has 0 fully saturated rings. The molecule has 1 N–H and O–H groups in total. The zero-order chi connectivity index (χ0) is 14.5. The van der Waals surface area contributed by atoms with Gasteiger partial charge in [0.1, 0.15) is 0 Å². The number of nitrogens with one attached hydrogen (secondary N) is 1. The highest BCUT2D eigenvalue weighted by Crippen LogP contribution is 2.20. The number of benzene rings is 2. The van der Waals surface area contributed by atoms with E-state index in [1.807, 2.05) is 18.2 Å². The summed E-state index contributed by atoms with van der Waals surface area (Å²) in [5, 5.41) is 13.4. The Balaban J connectivity index is 2.08. The molecule has 0 radical (unpaired) electrons. The maximum absolute atomic E-state index is 12.1. The number of nitrogens with zero attached hydrogens (tertiary/aromatic N) is 1. The van der Waals surface area contributed by atoms with Crippen LogP contribution >= 0.6 is 0 Å².